The van der Waals surface area contributed by atoms with Gasteiger partial charge in [0.2, 0.25) is 5.76 Å². The van der Waals surface area contributed by atoms with Crippen molar-refractivity contribution in [3.05, 3.63) is 58.8 Å². The number of rotatable bonds is 16. The van der Waals surface area contributed by atoms with Gasteiger partial charge in [0.25, 0.3) is 6.47 Å². The van der Waals surface area contributed by atoms with Crippen LogP contribution in [0.1, 0.15) is 109 Å². The molecule has 0 bridgehead atoms. The lowest BCUT2D eigenvalue weighted by atomic mass is 9.70. The Labute approximate surface area is 224 Å². The Morgan fingerprint density at radius 1 is 0.865 bits per heavy atom. The first-order chi connectivity index (χ1) is 18.1. The number of hydrogen-bond donors (Lipinski definition) is 0. The number of unbranched alkanes of at least 4 members (excludes halogenated alkanes) is 4. The topological polar surface area (TPSA) is 53.3 Å². The van der Waals surface area contributed by atoms with Crippen molar-refractivity contribution in [2.24, 2.45) is 0 Å². The van der Waals surface area contributed by atoms with Gasteiger partial charge in [-0.15, -0.1) is 0 Å². The van der Waals surface area contributed by atoms with E-state index in [1.54, 1.807) is 6.08 Å². The predicted octanol–water partition coefficient (Wildman–Crippen LogP) is 8.78. The van der Waals surface area contributed by atoms with Crippen LogP contribution in [0.4, 0.5) is 5.69 Å². The van der Waals surface area contributed by atoms with Crippen LogP contribution in [0.3, 0.4) is 0 Å². The molecule has 0 saturated heterocycles. The molecule has 4 nitrogen and oxygen atoms in total. The first kappa shape index (κ1) is 28.5. The molecule has 2 aromatic rings. The highest BCUT2D eigenvalue weighted by Gasteiger charge is 2.42. The molecule has 0 amide bonds. The molecule has 0 heterocycles. The van der Waals surface area contributed by atoms with Crippen molar-refractivity contribution in [1.82, 2.24) is 0 Å². The molecule has 0 saturated carbocycles. The summed E-state index contributed by atoms with van der Waals surface area (Å²) in [4.78, 5) is 13.4. The number of carbonyl (C=O) groups excluding carboxylic acids is 1. The number of ether oxygens (including phenoxy) is 1. The van der Waals surface area contributed by atoms with E-state index in [9.17, 15) is 10.1 Å². The molecule has 0 aromatic heterocycles. The third kappa shape index (κ3) is 6.45. The third-order valence-electron chi connectivity index (χ3n) is 7.79. The molecule has 0 atom stereocenters. The second kappa shape index (κ2) is 14.0. The van der Waals surface area contributed by atoms with Gasteiger partial charge in [-0.25, -0.2) is 0 Å². The largest absolute Gasteiger partial charge is 0.417 e. The number of allylic oxidation sites excluding steroid dienone is 1. The number of carbonyl (C=O) groups is 1. The average molecular weight is 501 g/mol. The van der Waals surface area contributed by atoms with E-state index in [0.717, 1.165) is 44.3 Å². The van der Waals surface area contributed by atoms with E-state index in [4.69, 9.17) is 4.74 Å². The maximum Gasteiger partial charge on any atom is 0.299 e. The highest BCUT2D eigenvalue weighted by molar-refractivity contribution is 5.84. The quantitative estimate of drug-likeness (QED) is 0.131. The van der Waals surface area contributed by atoms with Crippen LogP contribution in [0.15, 0.2) is 42.2 Å². The van der Waals surface area contributed by atoms with Gasteiger partial charge in [0, 0.05) is 24.2 Å². The van der Waals surface area contributed by atoms with Crippen molar-refractivity contribution in [2.45, 2.75) is 97.3 Å². The first-order valence-electron chi connectivity index (χ1n) is 14.3. The summed E-state index contributed by atoms with van der Waals surface area (Å²) in [5, 5.41) is 9.39. The lowest BCUT2D eigenvalue weighted by molar-refractivity contribution is -0.124. The summed E-state index contributed by atoms with van der Waals surface area (Å²) >= 11 is 0. The average Bonchev–Trinajstić information content (AvgIpc) is 3.19. The molecule has 3 rings (SSSR count). The minimum absolute atomic E-state index is 0.0166. The van der Waals surface area contributed by atoms with Crippen LogP contribution in [0.25, 0.3) is 17.2 Å². The van der Waals surface area contributed by atoms with E-state index in [2.05, 4.69) is 62.9 Å². The molecule has 1 aliphatic rings. The van der Waals surface area contributed by atoms with Crippen molar-refractivity contribution in [3.8, 4) is 17.2 Å². The Hall–Kier alpha value is -3.06. The van der Waals surface area contributed by atoms with Gasteiger partial charge in [0.05, 0.1) is 0 Å². The fraction of sp³-hybridized carbons (Fsp3) is 0.515. The van der Waals surface area contributed by atoms with Gasteiger partial charge in [-0.1, -0.05) is 90.5 Å². The Bertz CT molecular complexity index is 1100. The molecular weight excluding hydrogens is 456 g/mol. The Morgan fingerprint density at radius 3 is 1.97 bits per heavy atom. The van der Waals surface area contributed by atoms with Crippen LogP contribution in [0.5, 0.6) is 0 Å². The van der Waals surface area contributed by atoms with E-state index in [0.29, 0.717) is 6.47 Å². The summed E-state index contributed by atoms with van der Waals surface area (Å²) in [5.41, 5.74) is 7.66. The van der Waals surface area contributed by atoms with Crippen molar-refractivity contribution in [1.29, 1.82) is 5.26 Å². The molecule has 0 spiro atoms. The maximum atomic E-state index is 10.8. The van der Waals surface area contributed by atoms with Crippen LogP contribution in [-0.4, -0.2) is 19.6 Å². The molecule has 37 heavy (non-hydrogen) atoms. The van der Waals surface area contributed by atoms with Crippen molar-refractivity contribution < 1.29 is 9.53 Å². The van der Waals surface area contributed by atoms with Gasteiger partial charge in [-0.3, -0.25) is 4.79 Å². The fourth-order valence-electron chi connectivity index (χ4n) is 5.77. The van der Waals surface area contributed by atoms with E-state index in [1.807, 2.05) is 12.1 Å². The van der Waals surface area contributed by atoms with Crippen LogP contribution < -0.4 is 4.90 Å². The Balaban J connectivity index is 2.18. The zero-order chi connectivity index (χ0) is 26.7. The van der Waals surface area contributed by atoms with Gasteiger partial charge < -0.3 is 9.64 Å². The summed E-state index contributed by atoms with van der Waals surface area (Å²) in [6.45, 7) is 11.6. The Morgan fingerprint density at radius 2 is 1.43 bits per heavy atom. The lowest BCUT2D eigenvalue weighted by Gasteiger charge is -2.34. The van der Waals surface area contributed by atoms with E-state index < -0.39 is 0 Å². The monoisotopic (exact) mass is 500 g/mol. The summed E-state index contributed by atoms with van der Waals surface area (Å²) in [6.07, 6.45) is 13.3. The molecule has 0 unspecified atom stereocenters. The number of hydrogen-bond acceptors (Lipinski definition) is 4. The van der Waals surface area contributed by atoms with E-state index in [1.165, 1.54) is 66.5 Å². The standard InChI is InChI=1S/C33H44N2O2/c1-5-9-17-33(18-10-6-2)31-22-26(21-28(24-34)37-25-36)13-15-29(31)30-16-14-27(23-32(30)33)35(19-11-7-3)20-12-8-4/h13-16,21-23,25H,5-12,17-20H2,1-4H3/b28-21+. The van der Waals surface area contributed by atoms with Crippen LogP contribution in [-0.2, 0) is 14.9 Å². The zero-order valence-electron chi connectivity index (χ0n) is 23.3. The van der Waals surface area contributed by atoms with Crippen LogP contribution >= 0.6 is 0 Å². The molecule has 4 heteroatoms. The molecular formula is C33H44N2O2. The minimum atomic E-state index is -0.0456. The van der Waals surface area contributed by atoms with Crippen molar-refractivity contribution in [2.75, 3.05) is 18.0 Å². The van der Waals surface area contributed by atoms with Gasteiger partial charge in [0.15, 0.2) is 0 Å². The number of nitriles is 1. The zero-order valence-corrected chi connectivity index (χ0v) is 23.3. The summed E-state index contributed by atoms with van der Waals surface area (Å²) in [6, 6.07) is 15.6. The fourth-order valence-corrected chi connectivity index (χ4v) is 5.77. The Kier molecular flexibility index (Phi) is 10.8. The molecule has 1 aliphatic carbocycles. The van der Waals surface area contributed by atoms with Gasteiger partial charge in [-0.05, 0) is 71.7 Å². The predicted molar refractivity (Wildman–Crippen MR) is 154 cm³/mol. The molecule has 0 aliphatic heterocycles. The minimum Gasteiger partial charge on any atom is -0.417 e. The molecule has 2 aromatic carbocycles. The van der Waals surface area contributed by atoms with E-state index >= 15 is 0 Å². The third-order valence-corrected chi connectivity index (χ3v) is 7.79. The summed E-state index contributed by atoms with van der Waals surface area (Å²) < 4.78 is 4.88. The number of benzene rings is 2. The van der Waals surface area contributed by atoms with Gasteiger partial charge >= 0.3 is 0 Å². The van der Waals surface area contributed by atoms with Gasteiger partial charge in [0.1, 0.15) is 6.07 Å². The van der Waals surface area contributed by atoms with Crippen molar-refractivity contribution in [3.63, 3.8) is 0 Å². The van der Waals surface area contributed by atoms with Crippen molar-refractivity contribution >= 4 is 18.2 Å². The second-order valence-electron chi connectivity index (χ2n) is 10.4. The SMILES string of the molecule is CCCCN(CCCC)c1ccc2c(c1)C(CCCC)(CCCC)c1cc(/C=C(\C#N)OC=O)ccc1-2. The highest BCUT2D eigenvalue weighted by atomic mass is 16.5. The molecule has 0 fully saturated rings. The summed E-state index contributed by atoms with van der Waals surface area (Å²) in [5.74, 6) is 0.0166. The second-order valence-corrected chi connectivity index (χ2v) is 10.4. The first-order valence-corrected chi connectivity index (χ1v) is 14.3. The molecule has 0 N–H and O–H groups in total. The van der Waals surface area contributed by atoms with Crippen LogP contribution in [0.2, 0.25) is 0 Å². The highest BCUT2D eigenvalue weighted by Crippen LogP contribution is 2.55. The smallest absolute Gasteiger partial charge is 0.299 e. The lowest BCUT2D eigenvalue weighted by Crippen LogP contribution is -2.28. The number of anilines is 1. The van der Waals surface area contributed by atoms with Gasteiger partial charge in [-0.2, -0.15) is 5.26 Å². The summed E-state index contributed by atoms with van der Waals surface area (Å²) in [7, 11) is 0. The number of fused-ring (bicyclic) bond motifs is 3. The molecule has 0 radical (unpaired) electrons. The normalized spacial score (nSPS) is 13.5. The van der Waals surface area contributed by atoms with E-state index in [-0.39, 0.29) is 11.2 Å². The number of nitrogens with zero attached hydrogens (tertiary/aromatic N) is 2. The van der Waals surface area contributed by atoms with Crippen LogP contribution in [0, 0.1) is 11.3 Å². The molecule has 198 valence electrons. The maximum absolute atomic E-state index is 10.8.